The number of allylic oxidation sites excluding steroid dienone is 6. The fourth-order valence-electron chi connectivity index (χ4n) is 4.51. The summed E-state index contributed by atoms with van der Waals surface area (Å²) in [6.07, 6.45) is 15.0. The largest absolute Gasteiger partial charge is 0.390 e. The van der Waals surface area contributed by atoms with Gasteiger partial charge in [0.1, 0.15) is 0 Å². The van der Waals surface area contributed by atoms with Crippen molar-refractivity contribution in [2.75, 3.05) is 0 Å². The summed E-state index contributed by atoms with van der Waals surface area (Å²) in [5.41, 5.74) is 9.05. The molecule has 1 heteroatoms. The van der Waals surface area contributed by atoms with Crippen molar-refractivity contribution in [1.29, 1.82) is 0 Å². The molecule has 1 N–H and O–H groups in total. The monoisotopic (exact) mass is 460 g/mol. The van der Waals surface area contributed by atoms with Crippen LogP contribution in [0.1, 0.15) is 102 Å². The lowest BCUT2D eigenvalue weighted by molar-refractivity contribution is 0.0432. The summed E-state index contributed by atoms with van der Waals surface area (Å²) in [4.78, 5) is 0. The minimum absolute atomic E-state index is 0.636. The molecule has 1 atom stereocenters. The van der Waals surface area contributed by atoms with Gasteiger partial charge in [-0.25, -0.2) is 0 Å². The maximum atomic E-state index is 11.0. The summed E-state index contributed by atoms with van der Waals surface area (Å²) >= 11 is 0. The van der Waals surface area contributed by atoms with Crippen molar-refractivity contribution in [3.63, 3.8) is 0 Å². The topological polar surface area (TPSA) is 20.2 Å². The molecule has 0 saturated heterocycles. The normalized spacial score (nSPS) is 14.4. The third-order valence-corrected chi connectivity index (χ3v) is 7.14. The fraction of sp³-hybridized carbons (Fsp3) is 0.515. The molecule has 0 spiro atoms. The van der Waals surface area contributed by atoms with E-state index in [0.717, 1.165) is 51.4 Å². The average Bonchev–Trinajstić information content (AvgIpc) is 2.73. The van der Waals surface area contributed by atoms with E-state index in [0.29, 0.717) is 0 Å². The maximum Gasteiger partial charge on any atom is 0.0625 e. The van der Waals surface area contributed by atoms with E-state index in [4.69, 9.17) is 0 Å². The zero-order chi connectivity index (χ0) is 25.3. The molecule has 2 rings (SSSR count). The van der Waals surface area contributed by atoms with E-state index >= 15 is 0 Å². The third kappa shape index (κ3) is 9.63. The summed E-state index contributed by atoms with van der Waals surface area (Å²) in [5, 5.41) is 13.6. The fourth-order valence-corrected chi connectivity index (χ4v) is 4.51. The van der Waals surface area contributed by atoms with Gasteiger partial charge in [0.25, 0.3) is 0 Å². The van der Waals surface area contributed by atoms with Crippen LogP contribution in [0.15, 0.2) is 59.2 Å². The van der Waals surface area contributed by atoms with Crippen molar-refractivity contribution in [1.82, 2.24) is 0 Å². The Bertz CT molecular complexity index is 1040. The molecule has 186 valence electrons. The van der Waals surface area contributed by atoms with Gasteiger partial charge in [-0.1, -0.05) is 59.2 Å². The van der Waals surface area contributed by atoms with E-state index in [9.17, 15) is 5.11 Å². The van der Waals surface area contributed by atoms with Gasteiger partial charge in [0.15, 0.2) is 0 Å². The number of aryl methyl sites for hydroxylation is 4. The number of rotatable bonds is 12. The molecule has 0 aliphatic rings. The van der Waals surface area contributed by atoms with E-state index in [2.05, 4.69) is 91.0 Å². The number of hydrogen-bond donors (Lipinski definition) is 1. The molecular formula is C33H48O. The quantitative estimate of drug-likeness (QED) is 0.312. The van der Waals surface area contributed by atoms with E-state index in [1.165, 1.54) is 49.7 Å². The second-order valence-corrected chi connectivity index (χ2v) is 11.1. The van der Waals surface area contributed by atoms with Crippen molar-refractivity contribution >= 4 is 10.8 Å². The number of hydrogen-bond acceptors (Lipinski definition) is 1. The van der Waals surface area contributed by atoms with E-state index in [1.54, 1.807) is 0 Å². The Balaban J connectivity index is 1.83. The lowest BCUT2D eigenvalue weighted by Crippen LogP contribution is -2.24. The molecule has 1 unspecified atom stereocenters. The first kappa shape index (κ1) is 28.1. The molecule has 0 radical (unpaired) electrons. The Hall–Kier alpha value is -2.12. The molecular weight excluding hydrogens is 412 g/mol. The van der Waals surface area contributed by atoms with Crippen LogP contribution < -0.4 is 0 Å². The lowest BCUT2D eigenvalue weighted by Gasteiger charge is -2.23. The highest BCUT2D eigenvalue weighted by atomic mass is 16.3. The molecule has 0 aliphatic carbocycles. The molecule has 2 aromatic carbocycles. The molecule has 0 aliphatic heterocycles. The molecule has 0 fully saturated rings. The molecule has 0 heterocycles. The van der Waals surface area contributed by atoms with E-state index < -0.39 is 5.60 Å². The highest BCUT2D eigenvalue weighted by Crippen LogP contribution is 2.27. The van der Waals surface area contributed by atoms with Gasteiger partial charge in [0.2, 0.25) is 0 Å². The Kier molecular flexibility index (Phi) is 10.8. The highest BCUT2D eigenvalue weighted by molar-refractivity contribution is 5.85. The van der Waals surface area contributed by atoms with Crippen LogP contribution in [0.5, 0.6) is 0 Å². The molecule has 1 nitrogen and oxygen atoms in total. The zero-order valence-corrected chi connectivity index (χ0v) is 23.1. The summed E-state index contributed by atoms with van der Waals surface area (Å²) in [6, 6.07) is 9.20. The number of aliphatic hydroxyl groups is 1. The zero-order valence-electron chi connectivity index (χ0n) is 23.1. The Morgan fingerprint density at radius 2 is 1.21 bits per heavy atom. The molecule has 0 amide bonds. The van der Waals surface area contributed by atoms with Gasteiger partial charge in [-0.15, -0.1) is 0 Å². The van der Waals surface area contributed by atoms with Crippen molar-refractivity contribution in [2.45, 2.75) is 112 Å². The van der Waals surface area contributed by atoms with Crippen molar-refractivity contribution < 1.29 is 5.11 Å². The van der Waals surface area contributed by atoms with Gasteiger partial charge in [0, 0.05) is 0 Å². The standard InChI is InChI=1S/C33H48O/c1-24(2)12-9-13-25(3)14-10-15-26(4)16-11-18-33(8,34)19-17-30-23-32-21-28(6)27(5)20-31(32)22-29(30)7/h12,14,16,20-23,34H,9-11,13,15,17-19H2,1-8H3/b25-14+,26-16+. The van der Waals surface area contributed by atoms with E-state index in [1.807, 2.05) is 6.92 Å². The van der Waals surface area contributed by atoms with Crippen LogP contribution in [-0.2, 0) is 6.42 Å². The Labute approximate surface area is 209 Å². The van der Waals surface area contributed by atoms with Crippen LogP contribution in [0.25, 0.3) is 10.8 Å². The summed E-state index contributed by atoms with van der Waals surface area (Å²) < 4.78 is 0. The predicted octanol–water partition coefficient (Wildman–Crippen LogP) is 9.65. The van der Waals surface area contributed by atoms with Gasteiger partial charge < -0.3 is 5.11 Å². The maximum absolute atomic E-state index is 11.0. The average molecular weight is 461 g/mol. The van der Waals surface area contributed by atoms with Crippen LogP contribution in [0.2, 0.25) is 0 Å². The SMILES string of the molecule is CC(C)=CCC/C(C)=C/CC/C(C)=C/CCC(C)(O)CCc1cc2cc(C)c(C)cc2cc1C. The first-order valence-electron chi connectivity index (χ1n) is 13.1. The lowest BCUT2D eigenvalue weighted by atomic mass is 9.89. The van der Waals surface area contributed by atoms with Gasteiger partial charge in [-0.05, 0) is 140 Å². The van der Waals surface area contributed by atoms with Gasteiger partial charge in [0.05, 0.1) is 5.60 Å². The highest BCUT2D eigenvalue weighted by Gasteiger charge is 2.19. The first-order valence-corrected chi connectivity index (χ1v) is 13.1. The van der Waals surface area contributed by atoms with Crippen molar-refractivity contribution in [3.8, 4) is 0 Å². The van der Waals surface area contributed by atoms with Crippen LogP contribution in [0.4, 0.5) is 0 Å². The van der Waals surface area contributed by atoms with Gasteiger partial charge in [-0.3, -0.25) is 0 Å². The van der Waals surface area contributed by atoms with Crippen molar-refractivity contribution in [3.05, 3.63) is 81.5 Å². The van der Waals surface area contributed by atoms with Gasteiger partial charge in [-0.2, -0.15) is 0 Å². The van der Waals surface area contributed by atoms with Crippen LogP contribution in [0, 0.1) is 20.8 Å². The molecule has 2 aromatic rings. The van der Waals surface area contributed by atoms with Gasteiger partial charge >= 0.3 is 0 Å². The van der Waals surface area contributed by atoms with E-state index in [-0.39, 0.29) is 0 Å². The van der Waals surface area contributed by atoms with Crippen LogP contribution >= 0.6 is 0 Å². The second kappa shape index (κ2) is 13.1. The minimum atomic E-state index is -0.636. The van der Waals surface area contributed by atoms with Crippen molar-refractivity contribution in [2.24, 2.45) is 0 Å². The Morgan fingerprint density at radius 1 is 0.706 bits per heavy atom. The van der Waals surface area contributed by atoms with Crippen LogP contribution in [0.3, 0.4) is 0 Å². The Morgan fingerprint density at radius 3 is 1.79 bits per heavy atom. The molecule has 0 saturated carbocycles. The minimum Gasteiger partial charge on any atom is -0.390 e. The number of benzene rings is 2. The summed E-state index contributed by atoms with van der Waals surface area (Å²) in [6.45, 7) is 17.3. The molecule has 34 heavy (non-hydrogen) atoms. The summed E-state index contributed by atoms with van der Waals surface area (Å²) in [5.74, 6) is 0. The summed E-state index contributed by atoms with van der Waals surface area (Å²) in [7, 11) is 0. The second-order valence-electron chi connectivity index (χ2n) is 11.1. The molecule has 0 aromatic heterocycles. The first-order chi connectivity index (χ1) is 16.0. The molecule has 0 bridgehead atoms. The number of fused-ring (bicyclic) bond motifs is 1. The predicted molar refractivity (Wildman–Crippen MR) is 152 cm³/mol. The third-order valence-electron chi connectivity index (χ3n) is 7.14. The smallest absolute Gasteiger partial charge is 0.0625 e. The van der Waals surface area contributed by atoms with Crippen LogP contribution in [-0.4, -0.2) is 10.7 Å².